The highest BCUT2D eigenvalue weighted by Gasteiger charge is 2.25. The maximum absolute atomic E-state index is 13.9. The summed E-state index contributed by atoms with van der Waals surface area (Å²) in [6.07, 6.45) is 0. The summed E-state index contributed by atoms with van der Waals surface area (Å²) in [5.41, 5.74) is 0.453. The zero-order chi connectivity index (χ0) is 15.4. The summed E-state index contributed by atoms with van der Waals surface area (Å²) in [6, 6.07) is 8.81. The first-order chi connectivity index (χ1) is 10.0. The van der Waals surface area contributed by atoms with Crippen LogP contribution in [0.15, 0.2) is 46.9 Å². The summed E-state index contributed by atoms with van der Waals surface area (Å²) in [5, 5.41) is 2.85. The van der Waals surface area contributed by atoms with Gasteiger partial charge in [-0.15, -0.1) is 0 Å². The third-order valence-electron chi connectivity index (χ3n) is 2.88. The molecule has 1 N–H and O–H groups in total. The van der Waals surface area contributed by atoms with Gasteiger partial charge >= 0.3 is 5.97 Å². The summed E-state index contributed by atoms with van der Waals surface area (Å²) in [7, 11) is 1.19. The van der Waals surface area contributed by atoms with Crippen LogP contribution < -0.4 is 5.32 Å². The molecule has 0 spiro atoms. The molecule has 0 radical (unpaired) electrons. The predicted octanol–water partition coefficient (Wildman–Crippen LogP) is 4.05. The summed E-state index contributed by atoms with van der Waals surface area (Å²) in [6.45, 7) is 0. The van der Waals surface area contributed by atoms with E-state index in [2.05, 4.69) is 26.0 Å². The van der Waals surface area contributed by atoms with E-state index in [1.165, 1.54) is 7.11 Å². The van der Waals surface area contributed by atoms with Crippen molar-refractivity contribution in [1.29, 1.82) is 0 Å². The smallest absolute Gasteiger partial charge is 0.333 e. The van der Waals surface area contributed by atoms with Gasteiger partial charge in [0.15, 0.2) is 6.04 Å². The molecule has 2 aromatic rings. The fourth-order valence-electron chi connectivity index (χ4n) is 1.85. The topological polar surface area (TPSA) is 38.3 Å². The van der Waals surface area contributed by atoms with E-state index in [1.54, 1.807) is 24.3 Å². The number of ether oxygens (including phenoxy) is 1. The van der Waals surface area contributed by atoms with E-state index < -0.39 is 23.6 Å². The second-order valence-electron chi connectivity index (χ2n) is 4.25. The van der Waals surface area contributed by atoms with E-state index in [4.69, 9.17) is 0 Å². The van der Waals surface area contributed by atoms with Crippen molar-refractivity contribution in [2.45, 2.75) is 6.04 Å². The monoisotopic (exact) mass is 355 g/mol. The first-order valence-electron chi connectivity index (χ1n) is 6.06. The molecule has 0 aromatic heterocycles. The van der Waals surface area contributed by atoms with E-state index in [1.807, 2.05) is 0 Å². The zero-order valence-corrected chi connectivity index (χ0v) is 12.7. The third kappa shape index (κ3) is 3.58. The lowest BCUT2D eigenvalue weighted by atomic mass is 10.1. The number of hydrogen-bond acceptors (Lipinski definition) is 3. The summed E-state index contributed by atoms with van der Waals surface area (Å²) < 4.78 is 32.6. The molecule has 110 valence electrons. The fraction of sp³-hybridized carbons (Fsp3) is 0.133. The van der Waals surface area contributed by atoms with Gasteiger partial charge in [-0.25, -0.2) is 13.6 Å². The van der Waals surface area contributed by atoms with Crippen molar-refractivity contribution >= 4 is 27.6 Å². The maximum atomic E-state index is 13.9. The molecule has 0 aliphatic carbocycles. The minimum Gasteiger partial charge on any atom is -0.467 e. The first kappa shape index (κ1) is 15.4. The Kier molecular flexibility index (Phi) is 4.90. The highest BCUT2D eigenvalue weighted by Crippen LogP contribution is 2.28. The van der Waals surface area contributed by atoms with E-state index >= 15 is 0 Å². The highest BCUT2D eigenvalue weighted by molar-refractivity contribution is 9.10. The van der Waals surface area contributed by atoms with Gasteiger partial charge in [-0.3, -0.25) is 0 Å². The Balaban J connectivity index is 2.42. The summed E-state index contributed by atoms with van der Waals surface area (Å²) >= 11 is 3.32. The Morgan fingerprint density at radius 3 is 2.62 bits per heavy atom. The molecule has 2 rings (SSSR count). The molecule has 0 aliphatic rings. The molecule has 1 atom stereocenters. The van der Waals surface area contributed by atoms with E-state index in [0.29, 0.717) is 10.2 Å². The van der Waals surface area contributed by atoms with Crippen LogP contribution in [0.4, 0.5) is 14.5 Å². The minimum absolute atomic E-state index is 0.113. The number of nitrogens with one attached hydrogen (secondary N) is 1. The molecule has 0 bridgehead atoms. The number of anilines is 1. The predicted molar refractivity (Wildman–Crippen MR) is 78.9 cm³/mol. The van der Waals surface area contributed by atoms with Gasteiger partial charge in [0.2, 0.25) is 0 Å². The molecule has 0 saturated carbocycles. The fourth-order valence-corrected chi connectivity index (χ4v) is 2.25. The molecule has 0 aliphatic heterocycles. The summed E-state index contributed by atoms with van der Waals surface area (Å²) in [4.78, 5) is 11.9. The van der Waals surface area contributed by atoms with Crippen LogP contribution in [-0.2, 0) is 9.53 Å². The highest BCUT2D eigenvalue weighted by atomic mass is 79.9. The zero-order valence-electron chi connectivity index (χ0n) is 11.1. The molecule has 2 aromatic carbocycles. The molecular weight excluding hydrogens is 344 g/mol. The molecule has 0 fully saturated rings. The van der Waals surface area contributed by atoms with Gasteiger partial charge in [-0.2, -0.15) is 0 Å². The Morgan fingerprint density at radius 2 is 1.95 bits per heavy atom. The second-order valence-corrected chi connectivity index (χ2v) is 5.10. The Labute approximate surface area is 129 Å². The van der Waals surface area contributed by atoms with Gasteiger partial charge in [0, 0.05) is 15.7 Å². The third-order valence-corrected chi connectivity index (χ3v) is 3.57. The van der Waals surface area contributed by atoms with E-state index in [-0.39, 0.29) is 5.56 Å². The van der Waals surface area contributed by atoms with Gasteiger partial charge in [0.1, 0.15) is 11.6 Å². The van der Waals surface area contributed by atoms with E-state index in [9.17, 15) is 13.6 Å². The number of hydrogen-bond donors (Lipinski definition) is 1. The second kappa shape index (κ2) is 6.67. The Hall–Kier alpha value is -1.95. The maximum Gasteiger partial charge on any atom is 0.333 e. The number of carbonyl (C=O) groups is 1. The molecule has 0 amide bonds. The molecule has 0 heterocycles. The van der Waals surface area contributed by atoms with Gasteiger partial charge < -0.3 is 10.1 Å². The van der Waals surface area contributed by atoms with Gasteiger partial charge in [-0.1, -0.05) is 12.1 Å². The molecular formula is C15H12BrF2NO2. The number of carbonyl (C=O) groups excluding carboxylic acids is 1. The standard InChI is InChI=1S/C15H12BrF2NO2/c1-21-15(20)14(10-8-9(17)6-7-12(10)18)19-13-5-3-2-4-11(13)16/h2-8,14,19H,1H3. The number of halogens is 3. The van der Waals surface area contributed by atoms with Gasteiger partial charge in [0.05, 0.1) is 7.11 Å². The van der Waals surface area contributed by atoms with Crippen molar-refractivity contribution in [3.05, 3.63) is 64.1 Å². The average Bonchev–Trinajstić information content (AvgIpc) is 2.48. The van der Waals surface area contributed by atoms with Crippen LogP contribution in [0.1, 0.15) is 11.6 Å². The molecule has 6 heteroatoms. The van der Waals surface area contributed by atoms with Crippen LogP contribution >= 0.6 is 15.9 Å². The Bertz CT molecular complexity index is 664. The minimum atomic E-state index is -1.15. The number of rotatable bonds is 4. The van der Waals surface area contributed by atoms with Crippen molar-refractivity contribution in [2.24, 2.45) is 0 Å². The van der Waals surface area contributed by atoms with Crippen LogP contribution in [0.5, 0.6) is 0 Å². The van der Waals surface area contributed by atoms with Crippen molar-refractivity contribution < 1.29 is 18.3 Å². The Morgan fingerprint density at radius 1 is 1.24 bits per heavy atom. The van der Waals surface area contributed by atoms with Crippen LogP contribution in [0.3, 0.4) is 0 Å². The molecule has 3 nitrogen and oxygen atoms in total. The van der Waals surface area contributed by atoms with Gasteiger partial charge in [0.25, 0.3) is 0 Å². The van der Waals surface area contributed by atoms with Crippen LogP contribution in [0.25, 0.3) is 0 Å². The number of benzene rings is 2. The number of esters is 1. The largest absolute Gasteiger partial charge is 0.467 e. The van der Waals surface area contributed by atoms with Crippen molar-refractivity contribution in [2.75, 3.05) is 12.4 Å². The van der Waals surface area contributed by atoms with Crippen molar-refractivity contribution in [3.63, 3.8) is 0 Å². The molecule has 1 unspecified atom stereocenters. The van der Waals surface area contributed by atoms with Crippen molar-refractivity contribution in [3.8, 4) is 0 Å². The van der Waals surface area contributed by atoms with Gasteiger partial charge in [-0.05, 0) is 46.3 Å². The van der Waals surface area contributed by atoms with Crippen molar-refractivity contribution in [1.82, 2.24) is 0 Å². The lowest BCUT2D eigenvalue weighted by Crippen LogP contribution is -2.23. The summed E-state index contributed by atoms with van der Waals surface area (Å²) in [5.74, 6) is -2.03. The number of para-hydroxylation sites is 1. The normalized spacial score (nSPS) is 11.8. The molecule has 0 saturated heterocycles. The lowest BCUT2D eigenvalue weighted by molar-refractivity contribution is -0.141. The van der Waals surface area contributed by atoms with Crippen LogP contribution in [0, 0.1) is 11.6 Å². The first-order valence-corrected chi connectivity index (χ1v) is 6.86. The quantitative estimate of drug-likeness (QED) is 0.840. The SMILES string of the molecule is COC(=O)C(Nc1ccccc1Br)c1cc(F)ccc1F. The van der Waals surface area contributed by atoms with Crippen LogP contribution in [-0.4, -0.2) is 13.1 Å². The number of methoxy groups -OCH3 is 1. The lowest BCUT2D eigenvalue weighted by Gasteiger charge is -2.19. The van der Waals surface area contributed by atoms with E-state index in [0.717, 1.165) is 18.2 Å². The average molecular weight is 356 g/mol. The van der Waals surface area contributed by atoms with Crippen LogP contribution in [0.2, 0.25) is 0 Å². The molecule has 21 heavy (non-hydrogen) atoms.